The Morgan fingerprint density at radius 1 is 1.05 bits per heavy atom. The van der Waals surface area contributed by atoms with Crippen LogP contribution in [0.3, 0.4) is 0 Å². The van der Waals surface area contributed by atoms with Gasteiger partial charge in [-0.05, 0) is 49.4 Å². The maximum Gasteiger partial charge on any atom is 0.126 e. The average molecular weight is 281 g/mol. The molecule has 0 amide bonds. The lowest BCUT2D eigenvalue weighted by molar-refractivity contribution is 0.321. The second-order valence-corrected chi connectivity index (χ2v) is 5.90. The highest BCUT2D eigenvalue weighted by atomic mass is 19.1. The summed E-state index contributed by atoms with van der Waals surface area (Å²) in [6.45, 7) is 2.99. The minimum absolute atomic E-state index is 0.333. The third-order valence-electron chi connectivity index (χ3n) is 4.31. The van der Waals surface area contributed by atoms with Crippen molar-refractivity contribution in [1.29, 1.82) is 0 Å². The lowest BCUT2D eigenvalue weighted by Gasteiger charge is -2.27. The van der Waals surface area contributed by atoms with Crippen LogP contribution in [0, 0.1) is 17.6 Å². The van der Waals surface area contributed by atoms with Gasteiger partial charge in [0.1, 0.15) is 11.6 Å². The van der Waals surface area contributed by atoms with E-state index in [2.05, 4.69) is 12.2 Å². The van der Waals surface area contributed by atoms with Crippen molar-refractivity contribution in [2.75, 3.05) is 6.54 Å². The van der Waals surface area contributed by atoms with Crippen molar-refractivity contribution in [2.45, 2.75) is 57.9 Å². The zero-order chi connectivity index (χ0) is 14.4. The van der Waals surface area contributed by atoms with Gasteiger partial charge in [0, 0.05) is 12.1 Å². The molecule has 0 radical (unpaired) electrons. The number of benzene rings is 1. The van der Waals surface area contributed by atoms with Crippen LogP contribution in [0.25, 0.3) is 0 Å². The summed E-state index contributed by atoms with van der Waals surface area (Å²) in [6, 6.07) is 4.20. The van der Waals surface area contributed by atoms with E-state index in [0.717, 1.165) is 18.2 Å². The minimum atomic E-state index is -0.476. The van der Waals surface area contributed by atoms with E-state index in [9.17, 15) is 8.78 Å². The minimum Gasteiger partial charge on any atom is -0.314 e. The van der Waals surface area contributed by atoms with Gasteiger partial charge in [-0.2, -0.15) is 0 Å². The molecular formula is C17H25F2N. The van der Waals surface area contributed by atoms with Crippen LogP contribution < -0.4 is 5.32 Å². The fourth-order valence-corrected chi connectivity index (χ4v) is 3.36. The Kier molecular flexibility index (Phi) is 5.96. The zero-order valence-corrected chi connectivity index (χ0v) is 12.3. The molecule has 3 heteroatoms. The van der Waals surface area contributed by atoms with E-state index < -0.39 is 11.6 Å². The molecular weight excluding hydrogens is 256 g/mol. The van der Waals surface area contributed by atoms with Crippen molar-refractivity contribution in [3.8, 4) is 0 Å². The van der Waals surface area contributed by atoms with Crippen LogP contribution >= 0.6 is 0 Å². The lowest BCUT2D eigenvalue weighted by Crippen LogP contribution is -2.38. The number of likely N-dealkylation sites (N-methyl/N-ethyl adjacent to an activating group) is 1. The molecule has 20 heavy (non-hydrogen) atoms. The van der Waals surface area contributed by atoms with E-state index in [1.54, 1.807) is 0 Å². The van der Waals surface area contributed by atoms with Gasteiger partial charge in [-0.15, -0.1) is 0 Å². The van der Waals surface area contributed by atoms with Gasteiger partial charge in [0.25, 0.3) is 0 Å². The number of halogens is 2. The Balaban J connectivity index is 2.07. The van der Waals surface area contributed by atoms with Gasteiger partial charge in [0.05, 0.1) is 0 Å². The van der Waals surface area contributed by atoms with Gasteiger partial charge in [-0.1, -0.05) is 32.6 Å². The highest BCUT2D eigenvalue weighted by molar-refractivity contribution is 5.19. The van der Waals surface area contributed by atoms with E-state index in [1.807, 2.05) is 0 Å². The van der Waals surface area contributed by atoms with Gasteiger partial charge < -0.3 is 5.32 Å². The van der Waals surface area contributed by atoms with Crippen LogP contribution in [0.4, 0.5) is 8.78 Å². The van der Waals surface area contributed by atoms with Crippen LogP contribution in [-0.2, 0) is 6.42 Å². The quantitative estimate of drug-likeness (QED) is 0.786. The van der Waals surface area contributed by atoms with Gasteiger partial charge in [-0.25, -0.2) is 8.78 Å². The zero-order valence-electron chi connectivity index (χ0n) is 12.3. The summed E-state index contributed by atoms with van der Waals surface area (Å²) < 4.78 is 26.6. The molecule has 0 aliphatic heterocycles. The summed E-state index contributed by atoms with van der Waals surface area (Å²) in [7, 11) is 0. The van der Waals surface area contributed by atoms with Crippen molar-refractivity contribution in [2.24, 2.45) is 5.92 Å². The molecule has 1 aliphatic rings. The van der Waals surface area contributed by atoms with Crippen molar-refractivity contribution >= 4 is 0 Å². The molecule has 1 saturated carbocycles. The van der Waals surface area contributed by atoms with Gasteiger partial charge in [0.15, 0.2) is 0 Å². The Hall–Kier alpha value is -0.960. The smallest absolute Gasteiger partial charge is 0.126 e. The van der Waals surface area contributed by atoms with Crippen LogP contribution in [0.15, 0.2) is 18.2 Å². The maximum absolute atomic E-state index is 13.3. The predicted molar refractivity (Wildman–Crippen MR) is 78.7 cm³/mol. The highest BCUT2D eigenvalue weighted by Crippen LogP contribution is 2.27. The van der Waals surface area contributed by atoms with Crippen LogP contribution in [0.5, 0.6) is 0 Å². The molecule has 1 unspecified atom stereocenters. The third kappa shape index (κ3) is 4.55. The fraction of sp³-hybridized carbons (Fsp3) is 0.647. The number of rotatable bonds is 5. The summed E-state index contributed by atoms with van der Waals surface area (Å²) in [6.07, 6.45) is 8.39. The first-order valence-electron chi connectivity index (χ1n) is 7.87. The number of hydrogen-bond acceptors (Lipinski definition) is 1. The van der Waals surface area contributed by atoms with E-state index in [0.29, 0.717) is 18.4 Å². The number of hydrogen-bond donors (Lipinski definition) is 1. The van der Waals surface area contributed by atoms with Crippen molar-refractivity contribution in [3.05, 3.63) is 35.4 Å². The van der Waals surface area contributed by atoms with E-state index in [4.69, 9.17) is 0 Å². The van der Waals surface area contributed by atoms with E-state index >= 15 is 0 Å². The van der Waals surface area contributed by atoms with Gasteiger partial charge in [0.2, 0.25) is 0 Å². The molecule has 1 atom stereocenters. The topological polar surface area (TPSA) is 12.0 Å². The highest BCUT2D eigenvalue weighted by Gasteiger charge is 2.22. The number of nitrogens with one attached hydrogen (secondary N) is 1. The van der Waals surface area contributed by atoms with E-state index in [-0.39, 0.29) is 0 Å². The SMILES string of the molecule is CCNC(Cc1cc(F)cc(F)c1)C1CCCCCC1. The standard InChI is InChI=1S/C17H25F2N/c1-2-20-17(14-7-5-3-4-6-8-14)11-13-9-15(18)12-16(19)10-13/h9-10,12,14,17,20H,2-8,11H2,1H3. The third-order valence-corrected chi connectivity index (χ3v) is 4.31. The molecule has 0 saturated heterocycles. The Bertz CT molecular complexity index is 391. The molecule has 1 aromatic rings. The van der Waals surface area contributed by atoms with Crippen molar-refractivity contribution in [3.63, 3.8) is 0 Å². The molecule has 0 heterocycles. The molecule has 0 aromatic heterocycles. The van der Waals surface area contributed by atoms with Gasteiger partial charge in [-0.3, -0.25) is 0 Å². The molecule has 0 bridgehead atoms. The first kappa shape index (κ1) is 15.4. The normalized spacial score (nSPS) is 18.8. The first-order valence-corrected chi connectivity index (χ1v) is 7.87. The second kappa shape index (κ2) is 7.72. The van der Waals surface area contributed by atoms with Crippen molar-refractivity contribution < 1.29 is 8.78 Å². The largest absolute Gasteiger partial charge is 0.314 e. The Morgan fingerprint density at radius 3 is 2.20 bits per heavy atom. The fourth-order valence-electron chi connectivity index (χ4n) is 3.36. The maximum atomic E-state index is 13.3. The summed E-state index contributed by atoms with van der Waals surface area (Å²) >= 11 is 0. The molecule has 0 spiro atoms. The molecule has 1 N–H and O–H groups in total. The van der Waals surface area contributed by atoms with Crippen molar-refractivity contribution in [1.82, 2.24) is 5.32 Å². The lowest BCUT2D eigenvalue weighted by atomic mass is 9.87. The van der Waals surface area contributed by atoms with E-state index in [1.165, 1.54) is 50.7 Å². The molecule has 112 valence electrons. The predicted octanol–water partition coefficient (Wildman–Crippen LogP) is 4.46. The molecule has 2 rings (SSSR count). The molecule has 1 fully saturated rings. The van der Waals surface area contributed by atoms with Crippen LogP contribution in [0.1, 0.15) is 51.0 Å². The molecule has 1 nitrogen and oxygen atoms in total. The van der Waals surface area contributed by atoms with Gasteiger partial charge >= 0.3 is 0 Å². The molecule has 1 aromatic carbocycles. The van der Waals surface area contributed by atoms with Crippen LogP contribution in [0.2, 0.25) is 0 Å². The monoisotopic (exact) mass is 281 g/mol. The Labute approximate surface area is 120 Å². The summed E-state index contributed by atoms with van der Waals surface area (Å²) in [5.74, 6) is -0.323. The summed E-state index contributed by atoms with van der Waals surface area (Å²) in [5.41, 5.74) is 0.762. The summed E-state index contributed by atoms with van der Waals surface area (Å²) in [5, 5.41) is 3.52. The first-order chi connectivity index (χ1) is 9.69. The average Bonchev–Trinajstić information content (AvgIpc) is 2.65. The second-order valence-electron chi connectivity index (χ2n) is 5.90. The Morgan fingerprint density at radius 2 is 1.65 bits per heavy atom. The summed E-state index contributed by atoms with van der Waals surface area (Å²) in [4.78, 5) is 0. The van der Waals surface area contributed by atoms with Crippen LogP contribution in [-0.4, -0.2) is 12.6 Å². The molecule has 1 aliphatic carbocycles.